The smallest absolute Gasteiger partial charge is 0.263 e. The molecule has 0 aliphatic carbocycles. The molecular formula is C31H28N6O5. The number of allylic oxidation sites excluding steroid dienone is 1. The van der Waals surface area contributed by atoms with E-state index in [1.807, 2.05) is 61.7 Å². The van der Waals surface area contributed by atoms with Crippen LogP contribution in [0.3, 0.4) is 0 Å². The van der Waals surface area contributed by atoms with Crippen molar-refractivity contribution in [2.75, 3.05) is 7.11 Å². The van der Waals surface area contributed by atoms with Crippen LogP contribution < -0.4 is 14.2 Å². The molecule has 0 bridgehead atoms. The molecule has 0 spiro atoms. The van der Waals surface area contributed by atoms with E-state index in [1.165, 1.54) is 6.33 Å². The van der Waals surface area contributed by atoms with Crippen LogP contribution >= 0.6 is 0 Å². The lowest BCUT2D eigenvalue weighted by molar-refractivity contribution is 0.274. The van der Waals surface area contributed by atoms with Crippen LogP contribution in [0.1, 0.15) is 28.6 Å². The van der Waals surface area contributed by atoms with Crippen LogP contribution in [-0.2, 0) is 13.2 Å². The highest BCUT2D eigenvalue weighted by Gasteiger charge is 2.22. The van der Waals surface area contributed by atoms with Crippen molar-refractivity contribution >= 4 is 0 Å². The quantitative estimate of drug-likeness (QED) is 0.166. The Kier molecular flexibility index (Phi) is 7.54. The van der Waals surface area contributed by atoms with Gasteiger partial charge < -0.3 is 23.0 Å². The van der Waals surface area contributed by atoms with Crippen LogP contribution in [0.25, 0.3) is 17.3 Å². The van der Waals surface area contributed by atoms with E-state index >= 15 is 0 Å². The maximum absolute atomic E-state index is 6.26. The summed E-state index contributed by atoms with van der Waals surface area (Å²) in [6.07, 6.45) is 8.39. The first kappa shape index (κ1) is 26.6. The Bertz CT molecular complexity index is 1760. The van der Waals surface area contributed by atoms with Crippen LogP contribution in [0.2, 0.25) is 0 Å². The van der Waals surface area contributed by atoms with Crippen molar-refractivity contribution in [3.8, 4) is 34.7 Å². The molecule has 0 saturated carbocycles. The van der Waals surface area contributed by atoms with E-state index < -0.39 is 0 Å². The lowest BCUT2D eigenvalue weighted by atomic mass is 10.1. The number of rotatable bonds is 12. The fourth-order valence-corrected chi connectivity index (χ4v) is 4.42. The molecule has 212 valence electrons. The molecule has 0 amide bonds. The number of aromatic nitrogens is 6. The van der Waals surface area contributed by atoms with Gasteiger partial charge in [-0.05, 0) is 48.9 Å². The van der Waals surface area contributed by atoms with Gasteiger partial charge in [-0.2, -0.15) is 5.10 Å². The van der Waals surface area contributed by atoms with Crippen LogP contribution in [0.5, 0.6) is 17.4 Å². The lowest BCUT2D eigenvalue weighted by Gasteiger charge is -2.14. The van der Waals surface area contributed by atoms with Gasteiger partial charge in [0, 0.05) is 6.20 Å². The van der Waals surface area contributed by atoms with Gasteiger partial charge in [-0.25, -0.2) is 19.3 Å². The van der Waals surface area contributed by atoms with E-state index in [0.29, 0.717) is 40.5 Å². The third-order valence-electron chi connectivity index (χ3n) is 6.58. The van der Waals surface area contributed by atoms with Crippen molar-refractivity contribution in [3.63, 3.8) is 0 Å². The summed E-state index contributed by atoms with van der Waals surface area (Å²) in [4.78, 5) is 8.58. The van der Waals surface area contributed by atoms with Gasteiger partial charge >= 0.3 is 0 Å². The molecule has 1 unspecified atom stereocenters. The molecule has 11 heteroatoms. The SMILES string of the molecule is C=CC(c1cn(-c2ccccc2)nc1OCc1ccc(OCc2nc(-c3ccco3)oc2C)c(OC)c1)n1cncn1. The number of oxazole rings is 1. The Hall–Kier alpha value is -5.58. The Labute approximate surface area is 241 Å². The number of ether oxygens (including phenoxy) is 3. The van der Waals surface area contributed by atoms with Gasteiger partial charge in [0.1, 0.15) is 43.4 Å². The van der Waals surface area contributed by atoms with Crippen molar-refractivity contribution in [3.05, 3.63) is 121 Å². The van der Waals surface area contributed by atoms with Gasteiger partial charge in [-0.15, -0.1) is 11.7 Å². The third kappa shape index (κ3) is 5.52. The van der Waals surface area contributed by atoms with Gasteiger partial charge in [0.05, 0.1) is 24.6 Å². The predicted octanol–water partition coefficient (Wildman–Crippen LogP) is 5.96. The van der Waals surface area contributed by atoms with Gasteiger partial charge in [0.2, 0.25) is 5.88 Å². The Balaban J connectivity index is 1.19. The predicted molar refractivity (Wildman–Crippen MR) is 153 cm³/mol. The van der Waals surface area contributed by atoms with E-state index in [2.05, 4.69) is 21.6 Å². The molecule has 0 radical (unpaired) electrons. The molecule has 0 N–H and O–H groups in total. The first-order valence-electron chi connectivity index (χ1n) is 13.2. The number of benzene rings is 2. The molecule has 0 fully saturated rings. The minimum absolute atomic E-state index is 0.202. The molecule has 0 aliphatic heterocycles. The summed E-state index contributed by atoms with van der Waals surface area (Å²) >= 11 is 0. The topological polar surface area (TPSA) is 115 Å². The molecule has 0 saturated heterocycles. The summed E-state index contributed by atoms with van der Waals surface area (Å²) in [5, 5.41) is 9.03. The van der Waals surface area contributed by atoms with E-state index in [-0.39, 0.29) is 19.3 Å². The maximum atomic E-state index is 6.26. The molecule has 1 atom stereocenters. The second-order valence-corrected chi connectivity index (χ2v) is 9.29. The van der Waals surface area contributed by atoms with Gasteiger partial charge in [0.25, 0.3) is 5.89 Å². The van der Waals surface area contributed by atoms with Crippen LogP contribution in [0.4, 0.5) is 0 Å². The van der Waals surface area contributed by atoms with E-state index in [9.17, 15) is 0 Å². The third-order valence-corrected chi connectivity index (χ3v) is 6.58. The number of nitrogens with zero attached hydrogens (tertiary/aromatic N) is 6. The van der Waals surface area contributed by atoms with Gasteiger partial charge in [0.15, 0.2) is 17.3 Å². The Morgan fingerprint density at radius 1 is 1.02 bits per heavy atom. The average molecular weight is 565 g/mol. The second kappa shape index (κ2) is 11.9. The van der Waals surface area contributed by atoms with E-state index in [4.69, 9.17) is 28.1 Å². The summed E-state index contributed by atoms with van der Waals surface area (Å²) in [6, 6.07) is 18.7. The Morgan fingerprint density at radius 2 is 1.90 bits per heavy atom. The Morgan fingerprint density at radius 3 is 2.64 bits per heavy atom. The molecule has 2 aromatic carbocycles. The zero-order valence-corrected chi connectivity index (χ0v) is 23.1. The zero-order valence-electron chi connectivity index (χ0n) is 23.1. The van der Waals surface area contributed by atoms with E-state index in [0.717, 1.165) is 16.8 Å². The molecule has 4 aromatic heterocycles. The van der Waals surface area contributed by atoms with Crippen molar-refractivity contribution in [1.82, 2.24) is 29.5 Å². The first-order chi connectivity index (χ1) is 20.6. The molecule has 0 aliphatic rings. The number of aryl methyl sites for hydroxylation is 1. The first-order valence-corrected chi connectivity index (χ1v) is 13.2. The van der Waals surface area contributed by atoms with Crippen molar-refractivity contribution in [2.24, 2.45) is 0 Å². The van der Waals surface area contributed by atoms with Crippen molar-refractivity contribution < 1.29 is 23.0 Å². The second-order valence-electron chi connectivity index (χ2n) is 9.29. The number of hydrogen-bond acceptors (Lipinski definition) is 9. The van der Waals surface area contributed by atoms with E-state index in [1.54, 1.807) is 47.3 Å². The molecule has 6 rings (SSSR count). The average Bonchev–Trinajstić information content (AvgIpc) is 3.85. The normalized spacial score (nSPS) is 11.8. The molecular weight excluding hydrogens is 536 g/mol. The number of methoxy groups -OCH3 is 1. The lowest BCUT2D eigenvalue weighted by Crippen LogP contribution is -2.09. The fourth-order valence-electron chi connectivity index (χ4n) is 4.42. The minimum Gasteiger partial charge on any atom is -0.493 e. The minimum atomic E-state index is -0.321. The standard InChI is InChI=1S/C31H28N6O5/c1-4-26(37-20-32-19-33-37)24-16-36(23-9-6-5-7-10-23)35-30(24)41-17-22-12-13-27(29(15-22)38-3)40-18-25-21(2)42-31(34-25)28-11-8-14-39-28/h4-16,19-20,26H,1,17-18H2,2-3H3. The number of hydrogen-bond donors (Lipinski definition) is 0. The monoisotopic (exact) mass is 564 g/mol. The molecule has 6 aromatic rings. The van der Waals surface area contributed by atoms with Crippen LogP contribution in [-0.4, -0.2) is 36.6 Å². The van der Waals surface area contributed by atoms with Crippen molar-refractivity contribution in [2.45, 2.75) is 26.2 Å². The van der Waals surface area contributed by atoms with Crippen LogP contribution in [0, 0.1) is 6.92 Å². The summed E-state index contributed by atoms with van der Waals surface area (Å²) < 4.78 is 32.5. The highest BCUT2D eigenvalue weighted by Crippen LogP contribution is 2.32. The van der Waals surface area contributed by atoms with Gasteiger partial charge in [-0.1, -0.05) is 30.3 Å². The largest absolute Gasteiger partial charge is 0.493 e. The van der Waals surface area contributed by atoms with Gasteiger partial charge in [-0.3, -0.25) is 0 Å². The number of para-hydroxylation sites is 1. The molecule has 4 heterocycles. The highest BCUT2D eigenvalue weighted by atomic mass is 16.5. The summed E-state index contributed by atoms with van der Waals surface area (Å²) in [6.45, 7) is 6.28. The summed E-state index contributed by atoms with van der Waals surface area (Å²) in [7, 11) is 1.59. The zero-order chi connectivity index (χ0) is 28.9. The van der Waals surface area contributed by atoms with Crippen molar-refractivity contribution in [1.29, 1.82) is 0 Å². The number of furan rings is 1. The highest BCUT2D eigenvalue weighted by molar-refractivity contribution is 5.46. The van der Waals surface area contributed by atoms with Crippen LogP contribution in [0.15, 0.2) is 107 Å². The fraction of sp³-hybridized carbons (Fsp3) is 0.161. The summed E-state index contributed by atoms with van der Waals surface area (Å²) in [5.74, 6) is 3.20. The summed E-state index contributed by atoms with van der Waals surface area (Å²) in [5.41, 5.74) is 3.23. The molecule has 42 heavy (non-hydrogen) atoms. The maximum Gasteiger partial charge on any atom is 0.263 e. The molecule has 11 nitrogen and oxygen atoms in total.